The molecule has 0 bridgehead atoms. The van der Waals surface area contributed by atoms with Gasteiger partial charge in [-0.2, -0.15) is 0 Å². The van der Waals surface area contributed by atoms with Crippen molar-refractivity contribution in [3.63, 3.8) is 0 Å². The van der Waals surface area contributed by atoms with Crippen LogP contribution in [0.1, 0.15) is 37.1 Å². The lowest BCUT2D eigenvalue weighted by atomic mass is 10.2. The molecule has 0 amide bonds. The van der Waals surface area contributed by atoms with E-state index in [4.69, 9.17) is 4.74 Å². The van der Waals surface area contributed by atoms with E-state index in [1.165, 1.54) is 31.2 Å². The van der Waals surface area contributed by atoms with Crippen LogP contribution in [0.25, 0.3) is 0 Å². The van der Waals surface area contributed by atoms with E-state index in [1.54, 1.807) is 7.11 Å². The quantitative estimate of drug-likeness (QED) is 0.911. The molecular formula is C19H26N4O. The van der Waals surface area contributed by atoms with E-state index in [0.717, 1.165) is 42.0 Å². The van der Waals surface area contributed by atoms with Crippen molar-refractivity contribution in [2.45, 2.75) is 39.5 Å². The lowest BCUT2D eigenvalue weighted by Crippen LogP contribution is -2.25. The van der Waals surface area contributed by atoms with Crippen molar-refractivity contribution in [2.24, 2.45) is 0 Å². The van der Waals surface area contributed by atoms with E-state index in [2.05, 4.69) is 33.2 Å². The van der Waals surface area contributed by atoms with Gasteiger partial charge in [0.25, 0.3) is 0 Å². The topological polar surface area (TPSA) is 50.3 Å². The predicted octanol–water partition coefficient (Wildman–Crippen LogP) is 4.23. The maximum absolute atomic E-state index is 5.45. The minimum atomic E-state index is 0.783. The molecule has 1 aliphatic heterocycles. The number of benzene rings is 1. The lowest BCUT2D eigenvalue weighted by Gasteiger charge is -2.22. The number of nitrogens with one attached hydrogen (secondary N) is 1. The molecule has 1 aromatic heterocycles. The third-order valence-corrected chi connectivity index (χ3v) is 4.37. The van der Waals surface area contributed by atoms with Crippen LogP contribution in [-0.2, 0) is 0 Å². The second kappa shape index (κ2) is 7.51. The zero-order chi connectivity index (χ0) is 16.9. The van der Waals surface area contributed by atoms with Crippen molar-refractivity contribution in [1.29, 1.82) is 0 Å². The first-order valence-corrected chi connectivity index (χ1v) is 8.68. The summed E-state index contributed by atoms with van der Waals surface area (Å²) in [5.74, 6) is 3.42. The molecule has 0 saturated carbocycles. The fraction of sp³-hybridized carbons (Fsp3) is 0.474. The van der Waals surface area contributed by atoms with Gasteiger partial charge >= 0.3 is 0 Å². The van der Waals surface area contributed by atoms with Crippen molar-refractivity contribution >= 4 is 17.3 Å². The number of anilines is 3. The number of hydrogen-bond acceptors (Lipinski definition) is 5. The molecule has 1 aliphatic rings. The minimum absolute atomic E-state index is 0.783. The molecule has 1 N–H and O–H groups in total. The summed E-state index contributed by atoms with van der Waals surface area (Å²) in [5.41, 5.74) is 2.11. The predicted molar refractivity (Wildman–Crippen MR) is 98.5 cm³/mol. The number of methoxy groups -OCH3 is 1. The van der Waals surface area contributed by atoms with Crippen LogP contribution in [-0.4, -0.2) is 30.2 Å². The van der Waals surface area contributed by atoms with Crippen LogP contribution in [0.5, 0.6) is 5.75 Å². The zero-order valence-corrected chi connectivity index (χ0v) is 14.8. The summed E-state index contributed by atoms with van der Waals surface area (Å²) >= 11 is 0. The lowest BCUT2D eigenvalue weighted by molar-refractivity contribution is 0.416. The second-order valence-corrected chi connectivity index (χ2v) is 6.39. The number of aryl methyl sites for hydroxylation is 2. The van der Waals surface area contributed by atoms with Gasteiger partial charge in [-0.3, -0.25) is 0 Å². The Kier molecular flexibility index (Phi) is 5.18. The number of ether oxygens (including phenoxy) is 1. The molecule has 1 saturated heterocycles. The number of rotatable bonds is 4. The number of hydrogen-bond donors (Lipinski definition) is 1. The minimum Gasteiger partial charge on any atom is -0.495 e. The van der Waals surface area contributed by atoms with Crippen molar-refractivity contribution in [2.75, 3.05) is 30.4 Å². The third-order valence-electron chi connectivity index (χ3n) is 4.37. The zero-order valence-electron chi connectivity index (χ0n) is 14.8. The Hall–Kier alpha value is -2.30. The van der Waals surface area contributed by atoms with Crippen LogP contribution in [0.3, 0.4) is 0 Å². The normalized spacial score (nSPS) is 15.0. The van der Waals surface area contributed by atoms with Gasteiger partial charge in [-0.15, -0.1) is 0 Å². The van der Waals surface area contributed by atoms with Gasteiger partial charge in [-0.25, -0.2) is 9.97 Å². The summed E-state index contributed by atoms with van der Waals surface area (Å²) in [6.45, 7) is 6.16. The van der Waals surface area contributed by atoms with Crippen LogP contribution >= 0.6 is 0 Å². The maximum atomic E-state index is 5.45. The standard InChI is InChI=1S/C19H26N4O/c1-14-8-9-17(24-3)16(12-14)22-18-13-19(21-15(2)20-18)23-10-6-4-5-7-11-23/h8-9,12-13H,4-7,10-11H2,1-3H3,(H,20,21,22). The van der Waals surface area contributed by atoms with Crippen LogP contribution in [0.4, 0.5) is 17.3 Å². The van der Waals surface area contributed by atoms with E-state index in [0.29, 0.717) is 0 Å². The summed E-state index contributed by atoms with van der Waals surface area (Å²) < 4.78 is 5.45. The molecule has 2 heterocycles. The summed E-state index contributed by atoms with van der Waals surface area (Å²) in [4.78, 5) is 11.6. The molecule has 0 atom stereocenters. The van der Waals surface area contributed by atoms with E-state index < -0.39 is 0 Å². The SMILES string of the molecule is COc1ccc(C)cc1Nc1cc(N2CCCCCC2)nc(C)n1. The van der Waals surface area contributed by atoms with E-state index in [1.807, 2.05) is 25.1 Å². The Labute approximate surface area is 144 Å². The molecule has 5 nitrogen and oxygen atoms in total. The molecule has 0 unspecified atom stereocenters. The summed E-state index contributed by atoms with van der Waals surface area (Å²) in [5, 5.41) is 3.40. The van der Waals surface area contributed by atoms with Crippen molar-refractivity contribution in [3.05, 3.63) is 35.7 Å². The fourth-order valence-corrected chi connectivity index (χ4v) is 3.14. The number of nitrogens with zero attached hydrogens (tertiary/aromatic N) is 3. The largest absolute Gasteiger partial charge is 0.495 e. The molecule has 128 valence electrons. The Morgan fingerprint density at radius 3 is 2.46 bits per heavy atom. The highest BCUT2D eigenvalue weighted by molar-refractivity contribution is 5.66. The van der Waals surface area contributed by atoms with Crippen LogP contribution in [0.15, 0.2) is 24.3 Å². The van der Waals surface area contributed by atoms with Crippen molar-refractivity contribution in [3.8, 4) is 5.75 Å². The molecule has 3 rings (SSSR count). The highest BCUT2D eigenvalue weighted by Gasteiger charge is 2.14. The highest BCUT2D eigenvalue weighted by atomic mass is 16.5. The Bertz CT molecular complexity index is 694. The van der Waals surface area contributed by atoms with Gasteiger partial charge in [0.05, 0.1) is 12.8 Å². The summed E-state index contributed by atoms with van der Waals surface area (Å²) in [6, 6.07) is 8.13. The monoisotopic (exact) mass is 326 g/mol. The molecule has 2 aromatic rings. The Morgan fingerprint density at radius 2 is 1.75 bits per heavy atom. The first kappa shape index (κ1) is 16.6. The first-order valence-electron chi connectivity index (χ1n) is 8.68. The van der Waals surface area contributed by atoms with Gasteiger partial charge in [0.2, 0.25) is 0 Å². The van der Waals surface area contributed by atoms with Gasteiger partial charge in [-0.05, 0) is 44.4 Å². The van der Waals surface area contributed by atoms with Crippen LogP contribution in [0, 0.1) is 13.8 Å². The van der Waals surface area contributed by atoms with Gasteiger partial charge < -0.3 is 15.0 Å². The summed E-state index contributed by atoms with van der Waals surface area (Å²) in [7, 11) is 1.68. The molecule has 0 radical (unpaired) electrons. The molecule has 1 aromatic carbocycles. The second-order valence-electron chi connectivity index (χ2n) is 6.39. The van der Waals surface area contributed by atoms with E-state index in [-0.39, 0.29) is 0 Å². The van der Waals surface area contributed by atoms with E-state index >= 15 is 0 Å². The number of aromatic nitrogens is 2. The van der Waals surface area contributed by atoms with Gasteiger partial charge in [0, 0.05) is 19.2 Å². The van der Waals surface area contributed by atoms with E-state index in [9.17, 15) is 0 Å². The Morgan fingerprint density at radius 1 is 1.00 bits per heavy atom. The van der Waals surface area contributed by atoms with Crippen molar-refractivity contribution in [1.82, 2.24) is 9.97 Å². The molecule has 0 spiro atoms. The third kappa shape index (κ3) is 3.96. The van der Waals surface area contributed by atoms with Gasteiger partial charge in [0.15, 0.2) is 0 Å². The molecule has 0 aliphatic carbocycles. The molecular weight excluding hydrogens is 300 g/mol. The first-order chi connectivity index (χ1) is 11.7. The molecule has 24 heavy (non-hydrogen) atoms. The van der Waals surface area contributed by atoms with Crippen LogP contribution < -0.4 is 15.0 Å². The van der Waals surface area contributed by atoms with Crippen molar-refractivity contribution < 1.29 is 4.74 Å². The van der Waals surface area contributed by atoms with Crippen LogP contribution in [0.2, 0.25) is 0 Å². The average Bonchev–Trinajstić information content (AvgIpc) is 2.84. The highest BCUT2D eigenvalue weighted by Crippen LogP contribution is 2.29. The Balaban J connectivity index is 1.87. The maximum Gasteiger partial charge on any atom is 0.142 e. The smallest absolute Gasteiger partial charge is 0.142 e. The summed E-state index contributed by atoms with van der Waals surface area (Å²) in [6.07, 6.45) is 5.09. The van der Waals surface area contributed by atoms with Gasteiger partial charge in [-0.1, -0.05) is 18.9 Å². The molecule has 5 heteroatoms. The fourth-order valence-electron chi connectivity index (χ4n) is 3.14. The average molecular weight is 326 g/mol. The van der Waals surface area contributed by atoms with Gasteiger partial charge in [0.1, 0.15) is 23.2 Å². The molecule has 1 fully saturated rings.